The van der Waals surface area contributed by atoms with Crippen LogP contribution in [0.15, 0.2) is 83.9 Å². The molecule has 1 N–H and O–H groups in total. The highest BCUT2D eigenvalue weighted by Gasteiger charge is 2.19. The largest absolute Gasteiger partial charge is 0.347 e. The van der Waals surface area contributed by atoms with Gasteiger partial charge in [-0.25, -0.2) is 9.37 Å². The van der Waals surface area contributed by atoms with Crippen LogP contribution >= 0.6 is 23.1 Å². The van der Waals surface area contributed by atoms with Gasteiger partial charge in [-0.15, -0.1) is 21.5 Å². The van der Waals surface area contributed by atoms with Crippen LogP contribution in [-0.2, 0) is 12.3 Å². The number of hydrogen-bond donors (Lipinski definition) is 1. The zero-order valence-electron chi connectivity index (χ0n) is 18.2. The molecule has 4 heterocycles. The number of amides is 1. The number of aromatic nitrogens is 6. The molecule has 0 atom stereocenters. The van der Waals surface area contributed by atoms with E-state index in [1.165, 1.54) is 29.2 Å². The fraction of sp³-hybridized carbons (Fsp3) is 0.0833. The predicted octanol–water partition coefficient (Wildman–Crippen LogP) is 4.54. The minimum atomic E-state index is -0.387. The zero-order chi connectivity index (χ0) is 24.0. The number of thiazole rings is 1. The van der Waals surface area contributed by atoms with Gasteiger partial charge in [0.25, 0.3) is 5.91 Å². The van der Waals surface area contributed by atoms with Gasteiger partial charge in [-0.05, 0) is 42.0 Å². The zero-order valence-corrected chi connectivity index (χ0v) is 19.8. The van der Waals surface area contributed by atoms with E-state index in [-0.39, 0.29) is 11.7 Å². The van der Waals surface area contributed by atoms with Gasteiger partial charge in [-0.1, -0.05) is 23.9 Å². The van der Waals surface area contributed by atoms with Crippen LogP contribution in [0.3, 0.4) is 0 Å². The number of carbonyl (C=O) groups excluding carboxylic acids is 1. The van der Waals surface area contributed by atoms with Crippen molar-refractivity contribution in [2.75, 3.05) is 0 Å². The van der Waals surface area contributed by atoms with E-state index in [0.29, 0.717) is 34.7 Å². The molecule has 0 unspecified atom stereocenters. The summed E-state index contributed by atoms with van der Waals surface area (Å²) in [6.45, 7) is 0.395. The first-order valence-corrected chi connectivity index (χ1v) is 12.4. The van der Waals surface area contributed by atoms with Crippen LogP contribution in [0.4, 0.5) is 4.39 Å². The number of nitrogens with one attached hydrogen (secondary N) is 1. The molecule has 0 saturated heterocycles. The Hall–Kier alpha value is -3.96. The number of benzene rings is 1. The van der Waals surface area contributed by atoms with E-state index in [9.17, 15) is 9.18 Å². The number of hydrogen-bond acceptors (Lipinski definition) is 8. The molecule has 11 heteroatoms. The van der Waals surface area contributed by atoms with Gasteiger partial charge >= 0.3 is 0 Å². The molecule has 0 radical (unpaired) electrons. The van der Waals surface area contributed by atoms with Crippen LogP contribution in [0.5, 0.6) is 0 Å². The molecule has 0 spiro atoms. The number of para-hydroxylation sites is 1. The molecular formula is C24H18FN7OS2. The van der Waals surface area contributed by atoms with E-state index < -0.39 is 0 Å². The van der Waals surface area contributed by atoms with Gasteiger partial charge < -0.3 is 5.32 Å². The lowest BCUT2D eigenvalue weighted by Crippen LogP contribution is -2.23. The third-order valence-electron chi connectivity index (χ3n) is 4.96. The number of carbonyl (C=O) groups is 1. The number of rotatable bonds is 8. The Morgan fingerprint density at radius 1 is 1.03 bits per heavy atom. The minimum absolute atomic E-state index is 0.248. The minimum Gasteiger partial charge on any atom is -0.347 e. The van der Waals surface area contributed by atoms with Crippen LogP contribution < -0.4 is 5.32 Å². The van der Waals surface area contributed by atoms with E-state index in [0.717, 1.165) is 16.1 Å². The van der Waals surface area contributed by atoms with Gasteiger partial charge in [-0.3, -0.25) is 19.3 Å². The summed E-state index contributed by atoms with van der Waals surface area (Å²) in [5.74, 6) is 0.299. The maximum atomic E-state index is 14.7. The molecule has 8 nitrogen and oxygen atoms in total. The lowest BCUT2D eigenvalue weighted by Gasteiger charge is -2.10. The highest BCUT2D eigenvalue weighted by atomic mass is 32.2. The molecule has 0 aliphatic carbocycles. The van der Waals surface area contributed by atoms with E-state index in [2.05, 4.69) is 30.5 Å². The van der Waals surface area contributed by atoms with E-state index in [4.69, 9.17) is 0 Å². The molecule has 0 aliphatic rings. The van der Waals surface area contributed by atoms with Crippen LogP contribution in [-0.4, -0.2) is 35.6 Å². The van der Waals surface area contributed by atoms with Crippen LogP contribution in [0.1, 0.15) is 21.1 Å². The first-order valence-electron chi connectivity index (χ1n) is 10.5. The van der Waals surface area contributed by atoms with Gasteiger partial charge in [0.15, 0.2) is 11.0 Å². The molecule has 0 saturated carbocycles. The van der Waals surface area contributed by atoms with Crippen molar-refractivity contribution >= 4 is 29.0 Å². The number of thioether (sulfide) groups is 1. The maximum Gasteiger partial charge on any atom is 0.271 e. The molecule has 174 valence electrons. The summed E-state index contributed by atoms with van der Waals surface area (Å²) in [6.07, 6.45) is 6.68. The van der Waals surface area contributed by atoms with E-state index in [1.54, 1.807) is 59.0 Å². The fourth-order valence-electron chi connectivity index (χ4n) is 3.28. The van der Waals surface area contributed by atoms with Crippen molar-refractivity contribution in [1.29, 1.82) is 0 Å². The Labute approximate surface area is 208 Å². The Balaban J connectivity index is 1.33. The molecule has 1 aromatic carbocycles. The van der Waals surface area contributed by atoms with Crippen molar-refractivity contribution in [1.82, 2.24) is 35.0 Å². The quantitative estimate of drug-likeness (QED) is 0.310. The summed E-state index contributed by atoms with van der Waals surface area (Å²) in [4.78, 5) is 25.0. The van der Waals surface area contributed by atoms with Crippen molar-refractivity contribution in [3.8, 4) is 17.1 Å². The Kier molecular flexibility index (Phi) is 6.87. The van der Waals surface area contributed by atoms with Gasteiger partial charge in [0.05, 0.1) is 11.4 Å². The predicted molar refractivity (Wildman–Crippen MR) is 132 cm³/mol. The Bertz CT molecular complexity index is 1440. The first kappa shape index (κ1) is 22.8. The summed E-state index contributed by atoms with van der Waals surface area (Å²) in [6, 6.07) is 13.8. The average molecular weight is 504 g/mol. The van der Waals surface area contributed by atoms with Crippen LogP contribution in [0, 0.1) is 5.82 Å². The number of nitrogens with zero attached hydrogens (tertiary/aromatic N) is 6. The van der Waals surface area contributed by atoms with Crippen molar-refractivity contribution in [3.63, 3.8) is 0 Å². The topological polar surface area (TPSA) is 98.5 Å². The lowest BCUT2D eigenvalue weighted by atomic mass is 10.2. The van der Waals surface area contributed by atoms with Crippen LogP contribution in [0.25, 0.3) is 17.1 Å². The summed E-state index contributed by atoms with van der Waals surface area (Å²) in [5.41, 5.74) is 2.37. The molecule has 35 heavy (non-hydrogen) atoms. The second-order valence-electron chi connectivity index (χ2n) is 7.29. The highest BCUT2D eigenvalue weighted by Crippen LogP contribution is 2.31. The smallest absolute Gasteiger partial charge is 0.271 e. The van der Waals surface area contributed by atoms with E-state index >= 15 is 0 Å². The summed E-state index contributed by atoms with van der Waals surface area (Å²) in [7, 11) is 0. The highest BCUT2D eigenvalue weighted by molar-refractivity contribution is 7.98. The third-order valence-corrected chi connectivity index (χ3v) is 6.93. The van der Waals surface area contributed by atoms with Crippen molar-refractivity contribution < 1.29 is 9.18 Å². The molecule has 1 amide bonds. The normalized spacial score (nSPS) is 10.9. The monoisotopic (exact) mass is 503 g/mol. The van der Waals surface area contributed by atoms with Crippen LogP contribution in [0.2, 0.25) is 0 Å². The molecule has 5 aromatic rings. The van der Waals surface area contributed by atoms with Gasteiger partial charge in [0.2, 0.25) is 0 Å². The molecule has 0 aliphatic heterocycles. The third kappa shape index (κ3) is 5.26. The standard InChI is InChI=1S/C24H18FN7OS2/c25-18-5-1-2-6-20(18)32-22(17-4-3-9-27-13-17)30-31-24(32)35-15-21-29-19(14-34-21)23(33)28-12-16-7-10-26-11-8-16/h1-11,13-14H,12,15H2,(H,28,33). The lowest BCUT2D eigenvalue weighted by molar-refractivity contribution is 0.0946. The SMILES string of the molecule is O=C(NCc1ccncc1)c1csc(CSc2nnc(-c3cccnc3)n2-c2ccccc2F)n1. The fourth-order valence-corrected chi connectivity index (χ4v) is 5.01. The van der Waals surface area contributed by atoms with Crippen molar-refractivity contribution in [2.24, 2.45) is 0 Å². The maximum absolute atomic E-state index is 14.7. The Morgan fingerprint density at radius 3 is 2.69 bits per heavy atom. The number of pyridine rings is 2. The van der Waals surface area contributed by atoms with Gasteiger partial charge in [0.1, 0.15) is 16.5 Å². The molecule has 0 fully saturated rings. The second-order valence-corrected chi connectivity index (χ2v) is 9.17. The summed E-state index contributed by atoms with van der Waals surface area (Å²) < 4.78 is 16.4. The van der Waals surface area contributed by atoms with Crippen molar-refractivity contribution in [3.05, 3.63) is 101 Å². The van der Waals surface area contributed by atoms with Crippen molar-refractivity contribution in [2.45, 2.75) is 17.5 Å². The summed E-state index contributed by atoms with van der Waals surface area (Å²) >= 11 is 2.75. The molecule has 5 rings (SSSR count). The number of halogens is 1. The average Bonchev–Trinajstić information content (AvgIpc) is 3.55. The molecular weight excluding hydrogens is 485 g/mol. The summed E-state index contributed by atoms with van der Waals surface area (Å²) in [5, 5.41) is 14.4. The molecule has 0 bridgehead atoms. The first-order chi connectivity index (χ1) is 17.2. The van der Waals surface area contributed by atoms with Gasteiger partial charge in [-0.2, -0.15) is 0 Å². The second kappa shape index (κ2) is 10.5. The molecule has 4 aromatic heterocycles. The van der Waals surface area contributed by atoms with Gasteiger partial charge in [0, 0.05) is 42.3 Å². The Morgan fingerprint density at radius 2 is 1.89 bits per heavy atom. The van der Waals surface area contributed by atoms with E-state index in [1.807, 2.05) is 18.2 Å².